The van der Waals surface area contributed by atoms with Crippen LogP contribution >= 0.6 is 0 Å². The Kier molecular flexibility index (Phi) is 2.66. The molecule has 94 valence electrons. The van der Waals surface area contributed by atoms with Gasteiger partial charge in [0.15, 0.2) is 0 Å². The third-order valence-corrected chi connectivity index (χ3v) is 3.57. The number of carbonyl (C=O) groups is 1. The van der Waals surface area contributed by atoms with Crippen molar-refractivity contribution in [2.75, 3.05) is 18.0 Å². The minimum atomic E-state index is -0.673. The van der Waals surface area contributed by atoms with E-state index in [0.29, 0.717) is 12.8 Å². The first-order valence-electron chi connectivity index (χ1n) is 6.16. The SMILES string of the molecule is O=C(O)C1CCN(c2ccc3cccnn23)CC1. The van der Waals surface area contributed by atoms with E-state index in [0.717, 1.165) is 24.4 Å². The van der Waals surface area contributed by atoms with E-state index in [1.54, 1.807) is 6.20 Å². The fourth-order valence-electron chi connectivity index (χ4n) is 2.53. The van der Waals surface area contributed by atoms with Crippen LogP contribution in [0.15, 0.2) is 30.5 Å². The largest absolute Gasteiger partial charge is 0.481 e. The van der Waals surface area contributed by atoms with Gasteiger partial charge in [0.2, 0.25) is 0 Å². The Morgan fingerprint density at radius 1 is 1.28 bits per heavy atom. The van der Waals surface area contributed by atoms with Crippen molar-refractivity contribution in [3.8, 4) is 0 Å². The van der Waals surface area contributed by atoms with E-state index >= 15 is 0 Å². The van der Waals surface area contributed by atoms with Gasteiger partial charge in [-0.25, -0.2) is 4.52 Å². The molecule has 1 fully saturated rings. The molecule has 18 heavy (non-hydrogen) atoms. The third kappa shape index (κ3) is 1.81. The molecule has 0 spiro atoms. The van der Waals surface area contributed by atoms with Gasteiger partial charge in [-0.15, -0.1) is 0 Å². The van der Waals surface area contributed by atoms with Crippen molar-refractivity contribution in [3.63, 3.8) is 0 Å². The van der Waals surface area contributed by atoms with E-state index in [1.165, 1.54) is 0 Å². The predicted molar refractivity (Wildman–Crippen MR) is 67.8 cm³/mol. The van der Waals surface area contributed by atoms with E-state index in [9.17, 15) is 4.79 Å². The third-order valence-electron chi connectivity index (χ3n) is 3.57. The number of nitrogens with zero attached hydrogens (tertiary/aromatic N) is 3. The smallest absolute Gasteiger partial charge is 0.306 e. The monoisotopic (exact) mass is 245 g/mol. The Morgan fingerprint density at radius 3 is 2.78 bits per heavy atom. The molecule has 5 nitrogen and oxygen atoms in total. The van der Waals surface area contributed by atoms with Crippen LogP contribution in [0.25, 0.3) is 5.52 Å². The van der Waals surface area contributed by atoms with Crippen LogP contribution in [0.3, 0.4) is 0 Å². The zero-order valence-corrected chi connectivity index (χ0v) is 9.99. The molecule has 0 bridgehead atoms. The zero-order valence-electron chi connectivity index (χ0n) is 9.99. The number of aliphatic carboxylic acids is 1. The highest BCUT2D eigenvalue weighted by molar-refractivity contribution is 5.70. The second-order valence-corrected chi connectivity index (χ2v) is 4.65. The maximum Gasteiger partial charge on any atom is 0.306 e. The van der Waals surface area contributed by atoms with Gasteiger partial charge in [0, 0.05) is 19.3 Å². The van der Waals surface area contributed by atoms with Gasteiger partial charge < -0.3 is 10.0 Å². The van der Waals surface area contributed by atoms with Gasteiger partial charge in [-0.2, -0.15) is 5.10 Å². The van der Waals surface area contributed by atoms with Crippen molar-refractivity contribution >= 4 is 17.3 Å². The molecule has 1 N–H and O–H groups in total. The Morgan fingerprint density at radius 2 is 2.06 bits per heavy atom. The van der Waals surface area contributed by atoms with Gasteiger partial charge in [0.25, 0.3) is 0 Å². The lowest BCUT2D eigenvalue weighted by Crippen LogP contribution is -2.37. The summed E-state index contributed by atoms with van der Waals surface area (Å²) in [7, 11) is 0. The molecule has 2 aromatic heterocycles. The predicted octanol–water partition coefficient (Wildman–Crippen LogP) is 1.64. The lowest BCUT2D eigenvalue weighted by Gasteiger charge is -2.31. The average Bonchev–Trinajstić information content (AvgIpc) is 2.82. The lowest BCUT2D eigenvalue weighted by atomic mass is 9.97. The molecule has 3 rings (SSSR count). The highest BCUT2D eigenvalue weighted by Gasteiger charge is 2.25. The number of fused-ring (bicyclic) bond motifs is 1. The number of rotatable bonds is 2. The van der Waals surface area contributed by atoms with Gasteiger partial charge >= 0.3 is 5.97 Å². The minimum Gasteiger partial charge on any atom is -0.481 e. The molecule has 1 aliphatic heterocycles. The van der Waals surface area contributed by atoms with E-state index in [-0.39, 0.29) is 5.92 Å². The molecular weight excluding hydrogens is 230 g/mol. The van der Waals surface area contributed by atoms with Crippen molar-refractivity contribution in [2.24, 2.45) is 5.92 Å². The summed E-state index contributed by atoms with van der Waals surface area (Å²) in [4.78, 5) is 13.1. The first-order chi connectivity index (χ1) is 8.75. The van der Waals surface area contributed by atoms with Crippen LogP contribution in [0.1, 0.15) is 12.8 Å². The molecule has 5 heteroatoms. The maximum atomic E-state index is 10.9. The molecular formula is C13H15N3O2. The molecule has 2 aromatic rings. The molecule has 3 heterocycles. The van der Waals surface area contributed by atoms with Gasteiger partial charge in [-0.1, -0.05) is 0 Å². The molecule has 0 aromatic carbocycles. The summed E-state index contributed by atoms with van der Waals surface area (Å²) in [5.74, 6) is 0.183. The number of carboxylic acid groups (broad SMARTS) is 1. The molecule has 0 unspecified atom stereocenters. The summed E-state index contributed by atoms with van der Waals surface area (Å²) in [6.07, 6.45) is 3.17. The van der Waals surface area contributed by atoms with Gasteiger partial charge in [0.05, 0.1) is 11.4 Å². The summed E-state index contributed by atoms with van der Waals surface area (Å²) in [6, 6.07) is 8.01. The molecule has 1 saturated heterocycles. The van der Waals surface area contributed by atoms with Crippen LogP contribution < -0.4 is 4.90 Å². The summed E-state index contributed by atoms with van der Waals surface area (Å²) in [6.45, 7) is 1.55. The molecule has 1 aliphatic rings. The highest BCUT2D eigenvalue weighted by Crippen LogP contribution is 2.24. The molecule has 0 amide bonds. The van der Waals surface area contributed by atoms with E-state index < -0.39 is 5.97 Å². The minimum absolute atomic E-state index is 0.194. The van der Waals surface area contributed by atoms with Crippen molar-refractivity contribution in [1.29, 1.82) is 0 Å². The second-order valence-electron chi connectivity index (χ2n) is 4.65. The van der Waals surface area contributed by atoms with Crippen LogP contribution in [-0.2, 0) is 4.79 Å². The fourth-order valence-corrected chi connectivity index (χ4v) is 2.53. The number of hydrogen-bond acceptors (Lipinski definition) is 3. The highest BCUT2D eigenvalue weighted by atomic mass is 16.4. The Hall–Kier alpha value is -2.04. The first-order valence-corrected chi connectivity index (χ1v) is 6.16. The van der Waals surface area contributed by atoms with E-state index in [4.69, 9.17) is 5.11 Å². The fraction of sp³-hybridized carbons (Fsp3) is 0.385. The van der Waals surface area contributed by atoms with Crippen molar-refractivity contribution in [2.45, 2.75) is 12.8 Å². The number of aromatic nitrogens is 2. The summed E-state index contributed by atoms with van der Waals surface area (Å²) in [5, 5.41) is 13.3. The molecule has 0 radical (unpaired) electrons. The maximum absolute atomic E-state index is 10.9. The van der Waals surface area contributed by atoms with Gasteiger partial charge in [-0.3, -0.25) is 4.79 Å². The number of hydrogen-bond donors (Lipinski definition) is 1. The summed E-state index contributed by atoms with van der Waals surface area (Å²) < 4.78 is 1.90. The van der Waals surface area contributed by atoms with Crippen molar-refractivity contribution in [3.05, 3.63) is 30.5 Å². The second kappa shape index (κ2) is 4.33. The van der Waals surface area contributed by atoms with Crippen LogP contribution in [0, 0.1) is 5.92 Å². The number of piperidine rings is 1. The summed E-state index contributed by atoms with van der Waals surface area (Å²) in [5.41, 5.74) is 1.06. The Labute approximate surface area is 105 Å². The first kappa shape index (κ1) is 11.1. The van der Waals surface area contributed by atoms with Crippen LogP contribution in [0.4, 0.5) is 5.82 Å². The molecule has 0 aliphatic carbocycles. The molecule has 0 atom stereocenters. The van der Waals surface area contributed by atoms with E-state index in [2.05, 4.69) is 10.00 Å². The molecule has 0 saturated carbocycles. The topological polar surface area (TPSA) is 57.8 Å². The van der Waals surface area contributed by atoms with Crippen molar-refractivity contribution < 1.29 is 9.90 Å². The van der Waals surface area contributed by atoms with Gasteiger partial charge in [0.1, 0.15) is 5.82 Å². The van der Waals surface area contributed by atoms with E-state index in [1.807, 2.05) is 28.8 Å². The Balaban J connectivity index is 1.82. The Bertz CT molecular complexity index is 570. The average molecular weight is 245 g/mol. The normalized spacial score (nSPS) is 17.2. The standard InChI is InChI=1S/C13H15N3O2/c17-13(18)10-5-8-15(9-6-10)12-4-3-11-2-1-7-14-16(11)12/h1-4,7,10H,5-6,8-9H2,(H,17,18). The van der Waals surface area contributed by atoms with Crippen LogP contribution in [0.5, 0.6) is 0 Å². The quantitative estimate of drug-likeness (QED) is 0.873. The van der Waals surface area contributed by atoms with Crippen LogP contribution in [0.2, 0.25) is 0 Å². The summed E-state index contributed by atoms with van der Waals surface area (Å²) >= 11 is 0. The van der Waals surface area contributed by atoms with Crippen molar-refractivity contribution in [1.82, 2.24) is 9.61 Å². The zero-order chi connectivity index (χ0) is 12.5. The van der Waals surface area contributed by atoms with Crippen LogP contribution in [-0.4, -0.2) is 33.8 Å². The van der Waals surface area contributed by atoms with Gasteiger partial charge in [-0.05, 0) is 37.1 Å². The number of anilines is 1. The lowest BCUT2D eigenvalue weighted by molar-refractivity contribution is -0.142. The number of carboxylic acids is 1.